The molecule has 0 radical (unpaired) electrons. The molecule has 10 atom stereocenters. The average Bonchev–Trinajstić information content (AvgIpc) is 3.13. The number of carboxylic acids is 1. The monoisotopic (exact) mass is 463 g/mol. The van der Waals surface area contributed by atoms with Crippen LogP contribution in [0.2, 0.25) is 0 Å². The highest BCUT2D eigenvalue weighted by molar-refractivity contribution is 5.81. The van der Waals surface area contributed by atoms with E-state index >= 15 is 0 Å². The molecule has 0 unspecified atom stereocenters. The molecule has 4 rings (SSSR count). The number of carbonyl (C=O) groups is 2. The number of carboxylic acid groups (broad SMARTS) is 1. The standard InChI is InChI=1S/C27H45NO5/c1-16(5-8-23(30)28-15-24(31)32)19-6-7-20-25-21(10-12-27(19,20)3)26(2)11-9-18(29)13-17(26)14-22(25)33-4/h16-22,25,29H,5-15H2,1-4H3,(H,28,30)(H,31,32)/t16-,17+,18-,19-,20+,21+,22-,25+,26+,27-/m1/s1. The van der Waals surface area contributed by atoms with Gasteiger partial charge in [-0.05, 0) is 104 Å². The number of hydrogen-bond donors (Lipinski definition) is 3. The minimum atomic E-state index is -0.997. The maximum atomic E-state index is 12.1. The Kier molecular flexibility index (Phi) is 7.18. The molecule has 0 aliphatic heterocycles. The van der Waals surface area contributed by atoms with Crippen molar-refractivity contribution in [2.45, 2.75) is 97.2 Å². The number of aliphatic hydroxyl groups excluding tert-OH is 1. The van der Waals surface area contributed by atoms with Crippen molar-refractivity contribution < 1.29 is 24.5 Å². The van der Waals surface area contributed by atoms with E-state index in [1.54, 1.807) is 0 Å². The van der Waals surface area contributed by atoms with Crippen LogP contribution in [0.4, 0.5) is 0 Å². The van der Waals surface area contributed by atoms with Gasteiger partial charge in [-0.25, -0.2) is 0 Å². The van der Waals surface area contributed by atoms with Gasteiger partial charge in [0.25, 0.3) is 0 Å². The number of methoxy groups -OCH3 is 1. The maximum Gasteiger partial charge on any atom is 0.322 e. The molecule has 0 saturated heterocycles. The molecule has 4 saturated carbocycles. The minimum absolute atomic E-state index is 0.143. The third-order valence-corrected chi connectivity index (χ3v) is 11.0. The predicted molar refractivity (Wildman–Crippen MR) is 126 cm³/mol. The van der Waals surface area contributed by atoms with Gasteiger partial charge in [0.1, 0.15) is 6.54 Å². The molecule has 4 fully saturated rings. The second-order valence-electron chi connectivity index (χ2n) is 12.3. The van der Waals surface area contributed by atoms with Gasteiger partial charge in [-0.3, -0.25) is 9.59 Å². The van der Waals surface area contributed by atoms with E-state index < -0.39 is 5.97 Å². The van der Waals surface area contributed by atoms with Crippen molar-refractivity contribution in [1.29, 1.82) is 0 Å². The van der Waals surface area contributed by atoms with Crippen LogP contribution in [-0.2, 0) is 14.3 Å². The second-order valence-corrected chi connectivity index (χ2v) is 12.3. The lowest BCUT2D eigenvalue weighted by Crippen LogP contribution is -2.59. The summed E-state index contributed by atoms with van der Waals surface area (Å²) in [6.07, 6.45) is 10.5. The molecule has 0 aromatic carbocycles. The summed E-state index contributed by atoms with van der Waals surface area (Å²) < 4.78 is 6.18. The van der Waals surface area contributed by atoms with Gasteiger partial charge in [-0.1, -0.05) is 20.8 Å². The Morgan fingerprint density at radius 3 is 2.45 bits per heavy atom. The van der Waals surface area contributed by atoms with Gasteiger partial charge >= 0.3 is 5.97 Å². The molecule has 6 heteroatoms. The molecule has 33 heavy (non-hydrogen) atoms. The number of nitrogens with one attached hydrogen (secondary N) is 1. The van der Waals surface area contributed by atoms with Gasteiger partial charge < -0.3 is 20.3 Å². The lowest BCUT2D eigenvalue weighted by molar-refractivity contribution is -0.181. The summed E-state index contributed by atoms with van der Waals surface area (Å²) >= 11 is 0. The minimum Gasteiger partial charge on any atom is -0.480 e. The number of rotatable bonds is 7. The second kappa shape index (κ2) is 9.49. The van der Waals surface area contributed by atoms with Crippen molar-refractivity contribution in [3.8, 4) is 0 Å². The van der Waals surface area contributed by atoms with Crippen molar-refractivity contribution in [1.82, 2.24) is 5.32 Å². The van der Waals surface area contributed by atoms with E-state index in [0.29, 0.717) is 53.4 Å². The molecule has 0 bridgehead atoms. The number of ether oxygens (including phenoxy) is 1. The summed E-state index contributed by atoms with van der Waals surface area (Å²) in [6.45, 7) is 7.02. The van der Waals surface area contributed by atoms with Crippen LogP contribution in [0, 0.1) is 46.3 Å². The van der Waals surface area contributed by atoms with E-state index in [0.717, 1.165) is 32.1 Å². The predicted octanol–water partition coefficient (Wildman–Crippen LogP) is 4.25. The van der Waals surface area contributed by atoms with Gasteiger partial charge in [0.15, 0.2) is 0 Å². The molecule has 0 aromatic heterocycles. The quantitative estimate of drug-likeness (QED) is 0.525. The first kappa shape index (κ1) is 25.0. The normalized spacial score (nSPS) is 45.4. The highest BCUT2D eigenvalue weighted by Crippen LogP contribution is 2.68. The van der Waals surface area contributed by atoms with Crippen LogP contribution in [0.5, 0.6) is 0 Å². The third kappa shape index (κ3) is 4.47. The first-order valence-corrected chi connectivity index (χ1v) is 13.3. The molecule has 1 amide bonds. The molecule has 3 N–H and O–H groups in total. The molecule has 4 aliphatic carbocycles. The number of amides is 1. The number of fused-ring (bicyclic) bond motifs is 5. The van der Waals surface area contributed by atoms with Crippen molar-refractivity contribution in [3.05, 3.63) is 0 Å². The van der Waals surface area contributed by atoms with E-state index in [1.807, 2.05) is 7.11 Å². The number of aliphatic carboxylic acids is 1. The van der Waals surface area contributed by atoms with Crippen LogP contribution in [0.25, 0.3) is 0 Å². The fraction of sp³-hybridized carbons (Fsp3) is 0.926. The Labute approximate surface area is 199 Å². The van der Waals surface area contributed by atoms with Crippen molar-refractivity contribution >= 4 is 11.9 Å². The Morgan fingerprint density at radius 1 is 1.06 bits per heavy atom. The van der Waals surface area contributed by atoms with Gasteiger partial charge in [0, 0.05) is 13.5 Å². The Balaban J connectivity index is 1.47. The Hall–Kier alpha value is -1.14. The molecular weight excluding hydrogens is 418 g/mol. The smallest absolute Gasteiger partial charge is 0.322 e. The first-order valence-electron chi connectivity index (χ1n) is 13.3. The molecule has 0 heterocycles. The van der Waals surface area contributed by atoms with Crippen molar-refractivity contribution in [2.75, 3.05) is 13.7 Å². The number of aliphatic hydroxyl groups is 1. The summed E-state index contributed by atoms with van der Waals surface area (Å²) in [5.74, 6) is 2.41. The molecular formula is C27H45NO5. The van der Waals surface area contributed by atoms with E-state index in [-0.39, 0.29) is 24.0 Å². The highest BCUT2D eigenvalue weighted by Gasteiger charge is 2.63. The van der Waals surface area contributed by atoms with Crippen molar-refractivity contribution in [3.63, 3.8) is 0 Å². The lowest BCUT2D eigenvalue weighted by Gasteiger charge is -2.63. The zero-order chi connectivity index (χ0) is 24.0. The van der Waals surface area contributed by atoms with Crippen LogP contribution in [0.3, 0.4) is 0 Å². The van der Waals surface area contributed by atoms with E-state index in [9.17, 15) is 14.7 Å². The van der Waals surface area contributed by atoms with Crippen molar-refractivity contribution in [2.24, 2.45) is 46.3 Å². The third-order valence-electron chi connectivity index (χ3n) is 11.0. The van der Waals surface area contributed by atoms with E-state index in [1.165, 1.54) is 25.7 Å². The zero-order valence-corrected chi connectivity index (χ0v) is 21.0. The van der Waals surface area contributed by atoms with Crippen LogP contribution in [-0.4, -0.2) is 48.0 Å². The molecule has 4 aliphatic rings. The lowest BCUT2D eigenvalue weighted by atomic mass is 9.43. The maximum absolute atomic E-state index is 12.1. The summed E-state index contributed by atoms with van der Waals surface area (Å²) in [5.41, 5.74) is 0.610. The average molecular weight is 464 g/mol. The van der Waals surface area contributed by atoms with Crippen LogP contribution in [0.15, 0.2) is 0 Å². The van der Waals surface area contributed by atoms with E-state index in [4.69, 9.17) is 9.84 Å². The van der Waals surface area contributed by atoms with Crippen LogP contribution < -0.4 is 5.32 Å². The first-order chi connectivity index (χ1) is 15.6. The van der Waals surface area contributed by atoms with Gasteiger partial charge in [-0.2, -0.15) is 0 Å². The summed E-state index contributed by atoms with van der Waals surface area (Å²) in [7, 11) is 1.89. The zero-order valence-electron chi connectivity index (χ0n) is 21.0. The Morgan fingerprint density at radius 2 is 1.76 bits per heavy atom. The number of hydrogen-bond acceptors (Lipinski definition) is 4. The molecule has 0 spiro atoms. The Bertz CT molecular complexity index is 742. The van der Waals surface area contributed by atoms with Gasteiger partial charge in [0.2, 0.25) is 5.91 Å². The van der Waals surface area contributed by atoms with E-state index in [2.05, 4.69) is 26.1 Å². The van der Waals surface area contributed by atoms with Crippen LogP contribution in [0.1, 0.15) is 85.0 Å². The highest BCUT2D eigenvalue weighted by atomic mass is 16.5. The topological polar surface area (TPSA) is 95.9 Å². The SMILES string of the molecule is CO[C@@H]1C[C@@H]2C[C@H](O)CC[C@]2(C)[C@H]2CC[C@]3(C)[C@@H]([C@H](C)CCC(=O)NCC(=O)O)CC[C@H]3[C@H]12. The fourth-order valence-electron chi connectivity index (χ4n) is 9.22. The molecule has 6 nitrogen and oxygen atoms in total. The number of carbonyl (C=O) groups excluding carboxylic acids is 1. The summed E-state index contributed by atoms with van der Waals surface area (Å²) in [6, 6.07) is 0. The van der Waals surface area contributed by atoms with Gasteiger partial charge in [-0.15, -0.1) is 0 Å². The molecule has 0 aromatic rings. The fourth-order valence-corrected chi connectivity index (χ4v) is 9.22. The summed E-state index contributed by atoms with van der Waals surface area (Å²) in [5, 5.41) is 21.6. The van der Waals surface area contributed by atoms with Gasteiger partial charge in [0.05, 0.1) is 12.2 Å². The van der Waals surface area contributed by atoms with Crippen LogP contribution >= 0.6 is 0 Å². The molecule has 188 valence electrons. The largest absolute Gasteiger partial charge is 0.480 e. The summed E-state index contributed by atoms with van der Waals surface area (Å²) in [4.78, 5) is 22.8.